The summed E-state index contributed by atoms with van der Waals surface area (Å²) in [6.45, 7) is 10.5. The number of nitrogens with zero attached hydrogens (tertiary/aromatic N) is 2. The molecule has 0 aliphatic heterocycles. The second kappa shape index (κ2) is 9.65. The quantitative estimate of drug-likeness (QED) is 0.707. The number of hydrogen-bond acceptors (Lipinski definition) is 4. The first kappa shape index (κ1) is 22.1. The van der Waals surface area contributed by atoms with E-state index in [9.17, 15) is 19.6 Å². The largest absolute Gasteiger partial charge is 0.387 e. The highest BCUT2D eigenvalue weighted by Crippen LogP contribution is 2.17. The standard InChI is InChI=1S/C20H30FN3O2/c1-14(2)10-24(11-18(25)16-6-8-17(21)9-7-16)12-19(26)23-20(5,13-22)15(3)4/h6-9,14-15,18,25H,10-12H2,1-5H3,(H,23,26). The van der Waals surface area contributed by atoms with Crippen molar-refractivity contribution >= 4 is 5.91 Å². The number of benzene rings is 1. The zero-order valence-electron chi connectivity index (χ0n) is 16.3. The topological polar surface area (TPSA) is 76.4 Å². The van der Waals surface area contributed by atoms with E-state index in [1.165, 1.54) is 12.1 Å². The predicted molar refractivity (Wildman–Crippen MR) is 99.6 cm³/mol. The Morgan fingerprint density at radius 2 is 1.85 bits per heavy atom. The summed E-state index contributed by atoms with van der Waals surface area (Å²) in [4.78, 5) is 14.3. The molecule has 0 saturated carbocycles. The molecule has 1 aromatic carbocycles. The highest BCUT2D eigenvalue weighted by molar-refractivity contribution is 5.79. The van der Waals surface area contributed by atoms with E-state index in [2.05, 4.69) is 11.4 Å². The number of nitriles is 1. The van der Waals surface area contributed by atoms with Crippen LogP contribution in [-0.4, -0.2) is 41.1 Å². The Balaban J connectivity index is 2.78. The summed E-state index contributed by atoms with van der Waals surface area (Å²) in [7, 11) is 0. The normalized spacial score (nSPS) is 15.0. The molecule has 2 unspecified atom stereocenters. The maximum Gasteiger partial charge on any atom is 0.235 e. The minimum Gasteiger partial charge on any atom is -0.387 e. The maximum absolute atomic E-state index is 13.0. The van der Waals surface area contributed by atoms with Crippen LogP contribution >= 0.6 is 0 Å². The molecular formula is C20H30FN3O2. The van der Waals surface area contributed by atoms with Gasteiger partial charge in [-0.3, -0.25) is 9.69 Å². The van der Waals surface area contributed by atoms with Crippen LogP contribution in [0.1, 0.15) is 46.3 Å². The van der Waals surface area contributed by atoms with E-state index in [0.29, 0.717) is 18.0 Å². The van der Waals surface area contributed by atoms with E-state index in [1.54, 1.807) is 19.1 Å². The molecule has 2 atom stereocenters. The summed E-state index contributed by atoms with van der Waals surface area (Å²) in [6, 6.07) is 7.85. The molecule has 26 heavy (non-hydrogen) atoms. The van der Waals surface area contributed by atoms with Gasteiger partial charge in [0.15, 0.2) is 0 Å². The molecule has 1 rings (SSSR count). The number of rotatable bonds is 9. The van der Waals surface area contributed by atoms with E-state index in [1.807, 2.05) is 32.6 Å². The van der Waals surface area contributed by atoms with Crippen molar-refractivity contribution in [3.63, 3.8) is 0 Å². The van der Waals surface area contributed by atoms with Crippen LogP contribution in [0, 0.1) is 29.0 Å². The number of hydrogen-bond donors (Lipinski definition) is 2. The van der Waals surface area contributed by atoms with Crippen LogP contribution in [0.5, 0.6) is 0 Å². The molecule has 0 radical (unpaired) electrons. The lowest BCUT2D eigenvalue weighted by Crippen LogP contribution is -2.52. The van der Waals surface area contributed by atoms with E-state index in [4.69, 9.17) is 0 Å². The monoisotopic (exact) mass is 363 g/mol. The van der Waals surface area contributed by atoms with Crippen molar-refractivity contribution in [2.24, 2.45) is 11.8 Å². The summed E-state index contributed by atoms with van der Waals surface area (Å²) in [5, 5.41) is 22.6. The molecule has 1 amide bonds. The lowest BCUT2D eigenvalue weighted by atomic mass is 9.90. The first-order valence-electron chi connectivity index (χ1n) is 8.95. The molecule has 0 heterocycles. The zero-order valence-corrected chi connectivity index (χ0v) is 16.3. The number of carbonyl (C=O) groups excluding carboxylic acids is 1. The summed E-state index contributed by atoms with van der Waals surface area (Å²) in [6.07, 6.45) is -0.824. The number of amides is 1. The Hall–Kier alpha value is -1.97. The van der Waals surface area contributed by atoms with E-state index in [0.717, 1.165) is 0 Å². The maximum atomic E-state index is 13.0. The number of aliphatic hydroxyl groups excluding tert-OH is 1. The highest BCUT2D eigenvalue weighted by Gasteiger charge is 2.30. The van der Waals surface area contributed by atoms with Gasteiger partial charge in [-0.05, 0) is 36.5 Å². The van der Waals surface area contributed by atoms with Gasteiger partial charge in [-0.1, -0.05) is 39.8 Å². The fraction of sp³-hybridized carbons (Fsp3) is 0.600. The number of halogens is 1. The van der Waals surface area contributed by atoms with Crippen LogP contribution in [0.3, 0.4) is 0 Å². The van der Waals surface area contributed by atoms with Gasteiger partial charge in [0.25, 0.3) is 0 Å². The average molecular weight is 363 g/mol. The Morgan fingerprint density at radius 3 is 2.31 bits per heavy atom. The molecule has 0 bridgehead atoms. The predicted octanol–water partition coefficient (Wildman–Crippen LogP) is 2.87. The molecular weight excluding hydrogens is 333 g/mol. The van der Waals surface area contributed by atoms with Crippen molar-refractivity contribution in [3.05, 3.63) is 35.6 Å². The summed E-state index contributed by atoms with van der Waals surface area (Å²) >= 11 is 0. The van der Waals surface area contributed by atoms with Gasteiger partial charge in [0, 0.05) is 13.1 Å². The fourth-order valence-electron chi connectivity index (χ4n) is 2.59. The molecule has 6 heteroatoms. The van der Waals surface area contributed by atoms with Crippen LogP contribution < -0.4 is 5.32 Å². The molecule has 0 spiro atoms. The third-order valence-electron chi connectivity index (χ3n) is 4.46. The van der Waals surface area contributed by atoms with E-state index < -0.39 is 11.6 Å². The van der Waals surface area contributed by atoms with Crippen LogP contribution in [0.15, 0.2) is 24.3 Å². The first-order chi connectivity index (χ1) is 12.1. The van der Waals surface area contributed by atoms with Crippen molar-refractivity contribution in [1.29, 1.82) is 5.26 Å². The second-order valence-corrected chi connectivity index (χ2v) is 7.67. The van der Waals surface area contributed by atoms with E-state index >= 15 is 0 Å². The smallest absolute Gasteiger partial charge is 0.235 e. The highest BCUT2D eigenvalue weighted by atomic mass is 19.1. The van der Waals surface area contributed by atoms with Gasteiger partial charge >= 0.3 is 0 Å². The van der Waals surface area contributed by atoms with Gasteiger partial charge in [0.05, 0.1) is 18.7 Å². The fourth-order valence-corrected chi connectivity index (χ4v) is 2.59. The average Bonchev–Trinajstić information content (AvgIpc) is 2.54. The van der Waals surface area contributed by atoms with Gasteiger partial charge in [0.1, 0.15) is 11.4 Å². The molecule has 0 aromatic heterocycles. The second-order valence-electron chi connectivity index (χ2n) is 7.67. The molecule has 0 fully saturated rings. The van der Waals surface area contributed by atoms with Crippen LogP contribution in [0.2, 0.25) is 0 Å². The Labute approximate surface area is 155 Å². The molecule has 5 nitrogen and oxygen atoms in total. The van der Waals surface area contributed by atoms with Crippen molar-refractivity contribution < 1.29 is 14.3 Å². The number of aliphatic hydroxyl groups is 1. The number of nitrogens with one attached hydrogen (secondary N) is 1. The summed E-state index contributed by atoms with van der Waals surface area (Å²) in [5.74, 6) is -0.339. The lowest BCUT2D eigenvalue weighted by molar-refractivity contribution is -0.124. The Kier molecular flexibility index (Phi) is 8.19. The summed E-state index contributed by atoms with van der Waals surface area (Å²) < 4.78 is 13.0. The third-order valence-corrected chi connectivity index (χ3v) is 4.46. The summed E-state index contributed by atoms with van der Waals surface area (Å²) in [5.41, 5.74) is -0.333. The van der Waals surface area contributed by atoms with Crippen LogP contribution in [-0.2, 0) is 4.79 Å². The third kappa shape index (κ3) is 6.74. The number of carbonyl (C=O) groups is 1. The zero-order chi connectivity index (χ0) is 19.9. The first-order valence-corrected chi connectivity index (χ1v) is 8.95. The van der Waals surface area contributed by atoms with Crippen LogP contribution in [0.4, 0.5) is 4.39 Å². The van der Waals surface area contributed by atoms with Gasteiger partial charge in [0.2, 0.25) is 5.91 Å². The van der Waals surface area contributed by atoms with Gasteiger partial charge < -0.3 is 10.4 Å². The van der Waals surface area contributed by atoms with Gasteiger partial charge in [-0.25, -0.2) is 4.39 Å². The molecule has 0 aliphatic rings. The molecule has 2 N–H and O–H groups in total. The van der Waals surface area contributed by atoms with Crippen molar-refractivity contribution in [3.8, 4) is 6.07 Å². The molecule has 1 aromatic rings. The van der Waals surface area contributed by atoms with Crippen molar-refractivity contribution in [1.82, 2.24) is 10.2 Å². The minimum absolute atomic E-state index is 0.0280. The SMILES string of the molecule is CC(C)CN(CC(=O)NC(C)(C#N)C(C)C)CC(O)c1ccc(F)cc1. The Morgan fingerprint density at radius 1 is 1.27 bits per heavy atom. The van der Waals surface area contributed by atoms with E-state index in [-0.39, 0.29) is 30.7 Å². The molecule has 0 aliphatic carbocycles. The van der Waals surface area contributed by atoms with Crippen molar-refractivity contribution in [2.75, 3.05) is 19.6 Å². The molecule has 144 valence electrons. The van der Waals surface area contributed by atoms with Gasteiger partial charge in [-0.2, -0.15) is 5.26 Å². The lowest BCUT2D eigenvalue weighted by Gasteiger charge is -2.30. The van der Waals surface area contributed by atoms with Crippen LogP contribution in [0.25, 0.3) is 0 Å². The van der Waals surface area contributed by atoms with Crippen molar-refractivity contribution in [2.45, 2.75) is 46.3 Å². The minimum atomic E-state index is -0.934. The Bertz CT molecular complexity index is 625. The molecule has 0 saturated heterocycles. The van der Waals surface area contributed by atoms with Gasteiger partial charge in [-0.15, -0.1) is 0 Å².